The van der Waals surface area contributed by atoms with E-state index in [1.807, 2.05) is 0 Å². The number of hydrogen-bond donors (Lipinski definition) is 0. The Balaban J connectivity index is 2.27. The van der Waals surface area contributed by atoms with Crippen LogP contribution in [0.4, 0.5) is 0 Å². The van der Waals surface area contributed by atoms with Crippen LogP contribution in [0.5, 0.6) is 0 Å². The van der Waals surface area contributed by atoms with E-state index in [0.717, 1.165) is 0 Å². The van der Waals surface area contributed by atoms with Crippen LogP contribution in [0.2, 0.25) is 0 Å². The smallest absolute Gasteiger partial charge is 0.0417 e. The summed E-state index contributed by atoms with van der Waals surface area (Å²) in [6, 6.07) is 0. The second-order valence-electron chi connectivity index (χ2n) is 2.12. The Morgan fingerprint density at radius 3 is 2.14 bits per heavy atom. The minimum atomic E-state index is 1.19. The van der Waals surface area contributed by atoms with Crippen LogP contribution in [0.1, 0.15) is 12.8 Å². The van der Waals surface area contributed by atoms with Crippen LogP contribution in [0.3, 0.4) is 0 Å². The second kappa shape index (κ2) is 0.997. The van der Waals surface area contributed by atoms with E-state index >= 15 is 0 Å². The Bertz CT molecular complexity index is 107. The molecule has 0 atom stereocenters. The highest BCUT2D eigenvalue weighted by Crippen LogP contribution is 2.15. The van der Waals surface area contributed by atoms with E-state index in [9.17, 15) is 0 Å². The number of hydrazone groups is 1. The summed E-state index contributed by atoms with van der Waals surface area (Å²) < 4.78 is 0. The Morgan fingerprint density at radius 1 is 1.29 bits per heavy atom. The van der Waals surface area contributed by atoms with Crippen molar-refractivity contribution < 1.29 is 0 Å². The first-order chi connectivity index (χ1) is 3.45. The molecule has 2 rings (SSSR count). The van der Waals surface area contributed by atoms with E-state index in [0.29, 0.717) is 0 Å². The van der Waals surface area contributed by atoms with Gasteiger partial charge in [0.15, 0.2) is 0 Å². The molecule has 2 heteroatoms. The number of hydrogen-bond acceptors (Lipinski definition) is 2. The molecule has 2 aliphatic rings. The van der Waals surface area contributed by atoms with Crippen molar-refractivity contribution in [3.05, 3.63) is 0 Å². The van der Waals surface area contributed by atoms with Gasteiger partial charge in [0.2, 0.25) is 0 Å². The van der Waals surface area contributed by atoms with Gasteiger partial charge in [0, 0.05) is 31.6 Å². The van der Waals surface area contributed by atoms with Crippen LogP contribution in [0, 0.1) is 0 Å². The van der Waals surface area contributed by atoms with Crippen molar-refractivity contribution in [3.63, 3.8) is 0 Å². The standard InChI is InChI=1S/C5H8N2/c1-3-7-4-2-5(1)6-7/h1-4H2. The average Bonchev–Trinajstić information content (AvgIpc) is 2.22. The van der Waals surface area contributed by atoms with Gasteiger partial charge in [-0.2, -0.15) is 5.10 Å². The molecule has 2 nitrogen and oxygen atoms in total. The number of fused-ring (bicyclic) bond motifs is 1. The van der Waals surface area contributed by atoms with Crippen molar-refractivity contribution in [2.75, 3.05) is 13.1 Å². The molecular formula is C5H8N2. The summed E-state index contributed by atoms with van der Waals surface area (Å²) in [5.41, 5.74) is 1.42. The Labute approximate surface area is 42.8 Å². The molecule has 0 N–H and O–H groups in total. The lowest BCUT2D eigenvalue weighted by Gasteiger charge is -2.09. The molecule has 0 radical (unpaired) electrons. The normalized spacial score (nSPS) is 26.3. The lowest BCUT2D eigenvalue weighted by Crippen LogP contribution is -2.17. The molecule has 0 unspecified atom stereocenters. The zero-order chi connectivity index (χ0) is 4.69. The van der Waals surface area contributed by atoms with Crippen LogP contribution >= 0.6 is 0 Å². The van der Waals surface area contributed by atoms with E-state index in [-0.39, 0.29) is 0 Å². The van der Waals surface area contributed by atoms with E-state index in [1.54, 1.807) is 0 Å². The molecule has 2 aliphatic heterocycles. The maximum Gasteiger partial charge on any atom is 0.0417 e. The van der Waals surface area contributed by atoms with E-state index in [1.165, 1.54) is 31.6 Å². The van der Waals surface area contributed by atoms with E-state index in [2.05, 4.69) is 10.1 Å². The summed E-state index contributed by atoms with van der Waals surface area (Å²) >= 11 is 0. The summed E-state index contributed by atoms with van der Waals surface area (Å²) in [6.45, 7) is 2.38. The van der Waals surface area contributed by atoms with Crippen molar-refractivity contribution in [2.24, 2.45) is 5.10 Å². The van der Waals surface area contributed by atoms with Crippen LogP contribution in [-0.4, -0.2) is 23.8 Å². The third-order valence-electron chi connectivity index (χ3n) is 1.60. The molecular weight excluding hydrogens is 88.1 g/mol. The van der Waals surface area contributed by atoms with Crippen molar-refractivity contribution in [1.82, 2.24) is 5.01 Å². The molecule has 2 heterocycles. The van der Waals surface area contributed by atoms with Crippen LogP contribution in [-0.2, 0) is 0 Å². The van der Waals surface area contributed by atoms with Crippen molar-refractivity contribution in [1.29, 1.82) is 0 Å². The van der Waals surface area contributed by atoms with Crippen molar-refractivity contribution >= 4 is 5.71 Å². The molecule has 0 aliphatic carbocycles. The van der Waals surface area contributed by atoms with E-state index in [4.69, 9.17) is 0 Å². The van der Waals surface area contributed by atoms with E-state index < -0.39 is 0 Å². The summed E-state index contributed by atoms with van der Waals surface area (Å²) in [6.07, 6.45) is 2.47. The highest BCUT2D eigenvalue weighted by atomic mass is 15.5. The Hall–Kier alpha value is -0.530. The quantitative estimate of drug-likeness (QED) is 0.427. The molecule has 0 saturated carbocycles. The first kappa shape index (κ1) is 3.47. The number of piperidine rings is 1. The molecule has 0 fully saturated rings. The van der Waals surface area contributed by atoms with Crippen LogP contribution < -0.4 is 0 Å². The van der Waals surface area contributed by atoms with Gasteiger partial charge in [0.25, 0.3) is 0 Å². The largest absolute Gasteiger partial charge is 0.296 e. The predicted molar refractivity (Wildman–Crippen MR) is 28.2 cm³/mol. The fraction of sp³-hybridized carbons (Fsp3) is 0.800. The summed E-state index contributed by atoms with van der Waals surface area (Å²) in [4.78, 5) is 0. The van der Waals surface area contributed by atoms with Gasteiger partial charge in [0.1, 0.15) is 0 Å². The fourth-order valence-electron chi connectivity index (χ4n) is 1.15. The van der Waals surface area contributed by atoms with Gasteiger partial charge in [0.05, 0.1) is 0 Å². The minimum absolute atomic E-state index is 1.19. The molecule has 0 saturated heterocycles. The highest BCUT2D eigenvalue weighted by molar-refractivity contribution is 5.87. The first-order valence-corrected chi connectivity index (χ1v) is 2.76. The number of rotatable bonds is 0. The SMILES string of the molecule is C1CN2CCC1=N2. The number of nitrogens with zero attached hydrogens (tertiary/aromatic N) is 2. The van der Waals surface area contributed by atoms with Gasteiger partial charge < -0.3 is 0 Å². The molecule has 38 valence electrons. The van der Waals surface area contributed by atoms with Crippen molar-refractivity contribution in [3.8, 4) is 0 Å². The highest BCUT2D eigenvalue weighted by Gasteiger charge is 2.20. The Kier molecular flexibility index (Phi) is 0.494. The molecule has 0 amide bonds. The zero-order valence-electron chi connectivity index (χ0n) is 4.22. The van der Waals surface area contributed by atoms with Gasteiger partial charge in [-0.15, -0.1) is 0 Å². The molecule has 0 aromatic carbocycles. The minimum Gasteiger partial charge on any atom is -0.296 e. The third-order valence-corrected chi connectivity index (χ3v) is 1.60. The van der Waals surface area contributed by atoms with Crippen LogP contribution in [0.25, 0.3) is 0 Å². The fourth-order valence-corrected chi connectivity index (χ4v) is 1.15. The molecule has 0 spiro atoms. The maximum atomic E-state index is 4.25. The maximum absolute atomic E-state index is 4.25. The third kappa shape index (κ3) is 0.363. The van der Waals surface area contributed by atoms with Gasteiger partial charge in [-0.1, -0.05) is 0 Å². The lowest BCUT2D eigenvalue weighted by molar-refractivity contribution is 0.335. The summed E-state index contributed by atoms with van der Waals surface area (Å²) in [7, 11) is 0. The zero-order valence-corrected chi connectivity index (χ0v) is 4.22. The average molecular weight is 96.1 g/mol. The Morgan fingerprint density at radius 2 is 2.00 bits per heavy atom. The molecule has 7 heavy (non-hydrogen) atoms. The van der Waals surface area contributed by atoms with Gasteiger partial charge in [-0.3, -0.25) is 5.01 Å². The van der Waals surface area contributed by atoms with Gasteiger partial charge in [-0.25, -0.2) is 0 Å². The van der Waals surface area contributed by atoms with Crippen LogP contribution in [0.15, 0.2) is 5.10 Å². The van der Waals surface area contributed by atoms with Gasteiger partial charge in [-0.05, 0) is 0 Å². The van der Waals surface area contributed by atoms with Crippen molar-refractivity contribution in [2.45, 2.75) is 12.8 Å². The lowest BCUT2D eigenvalue weighted by atomic mass is 10.2. The topological polar surface area (TPSA) is 15.6 Å². The summed E-state index contributed by atoms with van der Waals surface area (Å²) in [5, 5.41) is 6.40. The molecule has 0 aromatic rings. The summed E-state index contributed by atoms with van der Waals surface area (Å²) in [5.74, 6) is 0. The molecule has 0 aromatic heterocycles. The monoisotopic (exact) mass is 96.1 g/mol. The first-order valence-electron chi connectivity index (χ1n) is 2.76. The second-order valence-corrected chi connectivity index (χ2v) is 2.12. The van der Waals surface area contributed by atoms with Gasteiger partial charge >= 0.3 is 0 Å². The predicted octanol–water partition coefficient (Wildman–Crippen LogP) is 0.452. The molecule has 2 bridgehead atoms.